The maximum absolute atomic E-state index is 12.4. The van der Waals surface area contributed by atoms with Crippen LogP contribution in [0.4, 0.5) is 5.69 Å². The Morgan fingerprint density at radius 1 is 1.38 bits per heavy atom. The van der Waals surface area contributed by atoms with E-state index in [1.807, 2.05) is 0 Å². The molecule has 2 rings (SSSR count). The van der Waals surface area contributed by atoms with Crippen LogP contribution in [0.3, 0.4) is 0 Å². The van der Waals surface area contributed by atoms with Gasteiger partial charge in [0.25, 0.3) is 11.6 Å². The molecule has 1 amide bonds. The number of carboxylic acid groups (broad SMARTS) is 1. The number of benzene rings is 1. The quantitative estimate of drug-likeness (QED) is 0.655. The summed E-state index contributed by atoms with van der Waals surface area (Å²) in [5.41, 5.74) is -0.353. The number of carbonyl (C=O) groups excluding carboxylic acids is 1. The number of hydrogen-bond acceptors (Lipinski definition) is 5. The lowest BCUT2D eigenvalue weighted by Gasteiger charge is -2.34. The Bertz CT molecular complexity index is 588. The van der Waals surface area contributed by atoms with Gasteiger partial charge in [-0.05, 0) is 13.0 Å². The van der Waals surface area contributed by atoms with Gasteiger partial charge >= 0.3 is 5.97 Å². The molecule has 1 N–H and O–H groups in total. The summed E-state index contributed by atoms with van der Waals surface area (Å²) in [7, 11) is 0. The number of carboxylic acids is 1. The van der Waals surface area contributed by atoms with Crippen molar-refractivity contribution in [3.63, 3.8) is 0 Å². The molecule has 1 aromatic rings. The zero-order valence-electron chi connectivity index (χ0n) is 11.3. The van der Waals surface area contributed by atoms with Gasteiger partial charge in [-0.1, -0.05) is 12.1 Å². The molecule has 21 heavy (non-hydrogen) atoms. The second-order valence-corrected chi connectivity index (χ2v) is 4.76. The summed E-state index contributed by atoms with van der Waals surface area (Å²) >= 11 is 0. The van der Waals surface area contributed by atoms with Crippen LogP contribution in [0.1, 0.15) is 17.3 Å². The van der Waals surface area contributed by atoms with E-state index in [9.17, 15) is 19.7 Å². The standard InChI is InChI=1S/C13H14N2O6/c1-8-6-14(7-11(21-8)13(17)18)12(16)9-4-2-3-5-10(9)15(19)20/h2-5,8,11H,6-7H2,1H3,(H,17,18)/t8-,11?/m1/s1. The van der Waals surface area contributed by atoms with E-state index in [0.717, 1.165) is 0 Å². The molecule has 1 heterocycles. The number of carbonyl (C=O) groups is 2. The SMILES string of the molecule is C[C@@H]1CN(C(=O)c2ccccc2[N+](=O)[O-])CC(C(=O)O)O1. The summed E-state index contributed by atoms with van der Waals surface area (Å²) < 4.78 is 5.21. The maximum atomic E-state index is 12.4. The number of ether oxygens (including phenoxy) is 1. The molecule has 8 heteroatoms. The Labute approximate surface area is 120 Å². The summed E-state index contributed by atoms with van der Waals surface area (Å²) in [6.45, 7) is 1.70. The van der Waals surface area contributed by atoms with Crippen molar-refractivity contribution >= 4 is 17.6 Å². The average Bonchev–Trinajstić information content (AvgIpc) is 2.45. The smallest absolute Gasteiger partial charge is 0.334 e. The average molecular weight is 294 g/mol. The van der Waals surface area contributed by atoms with Crippen molar-refractivity contribution in [1.29, 1.82) is 0 Å². The highest BCUT2D eigenvalue weighted by atomic mass is 16.6. The summed E-state index contributed by atoms with van der Waals surface area (Å²) in [5, 5.41) is 20.0. The van der Waals surface area contributed by atoms with Gasteiger partial charge in [0, 0.05) is 12.6 Å². The van der Waals surface area contributed by atoms with Crippen LogP contribution >= 0.6 is 0 Å². The number of rotatable bonds is 3. The highest BCUT2D eigenvalue weighted by Gasteiger charge is 2.34. The second kappa shape index (κ2) is 5.88. The molecule has 1 aromatic carbocycles. The molecular formula is C13H14N2O6. The molecule has 1 fully saturated rings. The van der Waals surface area contributed by atoms with Crippen molar-refractivity contribution in [1.82, 2.24) is 4.90 Å². The van der Waals surface area contributed by atoms with Gasteiger partial charge in [0.15, 0.2) is 6.10 Å². The second-order valence-electron chi connectivity index (χ2n) is 4.76. The van der Waals surface area contributed by atoms with E-state index in [2.05, 4.69) is 0 Å². The zero-order chi connectivity index (χ0) is 15.6. The number of nitro benzene ring substituents is 1. The first-order chi connectivity index (χ1) is 9.90. The Hall–Kier alpha value is -2.48. The van der Waals surface area contributed by atoms with E-state index in [0.29, 0.717) is 0 Å². The van der Waals surface area contributed by atoms with Gasteiger partial charge in [-0.3, -0.25) is 14.9 Å². The lowest BCUT2D eigenvalue weighted by Crippen LogP contribution is -2.51. The Morgan fingerprint density at radius 3 is 2.67 bits per heavy atom. The molecule has 0 spiro atoms. The van der Waals surface area contributed by atoms with Crippen LogP contribution < -0.4 is 0 Å². The van der Waals surface area contributed by atoms with E-state index >= 15 is 0 Å². The van der Waals surface area contributed by atoms with Crippen LogP contribution in [0.25, 0.3) is 0 Å². The van der Waals surface area contributed by atoms with Crippen LogP contribution in [0.15, 0.2) is 24.3 Å². The van der Waals surface area contributed by atoms with Gasteiger partial charge in [-0.25, -0.2) is 4.79 Å². The van der Waals surface area contributed by atoms with Gasteiger partial charge in [-0.15, -0.1) is 0 Å². The first-order valence-corrected chi connectivity index (χ1v) is 6.31. The van der Waals surface area contributed by atoms with Crippen molar-refractivity contribution in [2.75, 3.05) is 13.1 Å². The largest absolute Gasteiger partial charge is 0.479 e. The maximum Gasteiger partial charge on any atom is 0.334 e. The summed E-state index contributed by atoms with van der Waals surface area (Å²) in [6, 6.07) is 5.60. The van der Waals surface area contributed by atoms with Gasteiger partial charge in [-0.2, -0.15) is 0 Å². The highest BCUT2D eigenvalue weighted by molar-refractivity contribution is 5.98. The third-order valence-corrected chi connectivity index (χ3v) is 3.15. The third-order valence-electron chi connectivity index (χ3n) is 3.15. The Balaban J connectivity index is 2.27. The number of amides is 1. The normalized spacial score (nSPS) is 21.9. The molecule has 1 saturated heterocycles. The van der Waals surface area contributed by atoms with Gasteiger partial charge in [0.2, 0.25) is 0 Å². The van der Waals surface area contributed by atoms with Crippen molar-refractivity contribution in [2.24, 2.45) is 0 Å². The van der Waals surface area contributed by atoms with Gasteiger partial charge in [0.1, 0.15) is 5.56 Å². The van der Waals surface area contributed by atoms with Crippen molar-refractivity contribution in [3.8, 4) is 0 Å². The number of para-hydroxylation sites is 1. The fraction of sp³-hybridized carbons (Fsp3) is 0.385. The van der Waals surface area contributed by atoms with Crippen LogP contribution in [0.5, 0.6) is 0 Å². The predicted octanol–water partition coefficient (Wildman–Crippen LogP) is 0.909. The number of morpholine rings is 1. The van der Waals surface area contributed by atoms with E-state index < -0.39 is 29.0 Å². The molecule has 8 nitrogen and oxygen atoms in total. The van der Waals surface area contributed by atoms with Gasteiger partial charge in [0.05, 0.1) is 17.6 Å². The highest BCUT2D eigenvalue weighted by Crippen LogP contribution is 2.22. The first kappa shape index (κ1) is 14.9. The fourth-order valence-corrected chi connectivity index (χ4v) is 2.24. The molecular weight excluding hydrogens is 280 g/mol. The topological polar surface area (TPSA) is 110 Å². The summed E-state index contributed by atoms with van der Waals surface area (Å²) in [6.07, 6.45) is -1.58. The molecule has 112 valence electrons. The number of nitrogens with zero attached hydrogens (tertiary/aromatic N) is 2. The Morgan fingerprint density at radius 2 is 2.05 bits per heavy atom. The number of hydrogen-bond donors (Lipinski definition) is 1. The monoisotopic (exact) mass is 294 g/mol. The van der Waals surface area contributed by atoms with Crippen LogP contribution in [-0.2, 0) is 9.53 Å². The minimum Gasteiger partial charge on any atom is -0.479 e. The molecule has 0 aliphatic carbocycles. The molecule has 0 aromatic heterocycles. The molecule has 0 radical (unpaired) electrons. The van der Waals surface area contributed by atoms with E-state index in [4.69, 9.17) is 9.84 Å². The fourth-order valence-electron chi connectivity index (χ4n) is 2.24. The predicted molar refractivity (Wildman–Crippen MR) is 71.0 cm³/mol. The number of nitro groups is 1. The molecule has 1 unspecified atom stereocenters. The van der Waals surface area contributed by atoms with E-state index in [1.165, 1.54) is 29.2 Å². The molecule has 2 atom stereocenters. The van der Waals surface area contributed by atoms with Crippen molar-refractivity contribution < 1.29 is 24.4 Å². The lowest BCUT2D eigenvalue weighted by molar-refractivity contribution is -0.385. The van der Waals surface area contributed by atoms with Gasteiger partial charge < -0.3 is 14.7 Å². The first-order valence-electron chi connectivity index (χ1n) is 6.31. The van der Waals surface area contributed by atoms with E-state index in [-0.39, 0.29) is 24.3 Å². The van der Waals surface area contributed by atoms with Crippen molar-refractivity contribution in [2.45, 2.75) is 19.1 Å². The van der Waals surface area contributed by atoms with Crippen LogP contribution in [-0.4, -0.2) is 52.1 Å². The van der Waals surface area contributed by atoms with Crippen LogP contribution in [0, 0.1) is 10.1 Å². The number of aliphatic carboxylic acids is 1. The van der Waals surface area contributed by atoms with E-state index in [1.54, 1.807) is 6.92 Å². The summed E-state index contributed by atoms with van der Waals surface area (Å²) in [5.74, 6) is -1.73. The third kappa shape index (κ3) is 3.16. The zero-order valence-corrected chi connectivity index (χ0v) is 11.3. The molecule has 1 aliphatic heterocycles. The Kier molecular flexibility index (Phi) is 4.18. The molecule has 0 bridgehead atoms. The lowest BCUT2D eigenvalue weighted by atomic mass is 10.1. The molecule has 0 saturated carbocycles. The van der Waals surface area contributed by atoms with Crippen LogP contribution in [0.2, 0.25) is 0 Å². The molecule has 1 aliphatic rings. The summed E-state index contributed by atoms with van der Waals surface area (Å²) in [4.78, 5) is 35.0. The minimum atomic E-state index is -1.16. The van der Waals surface area contributed by atoms with Crippen molar-refractivity contribution in [3.05, 3.63) is 39.9 Å². The minimum absolute atomic E-state index is 0.0549.